The van der Waals surface area contributed by atoms with Crippen LogP contribution in [0.5, 0.6) is 0 Å². The summed E-state index contributed by atoms with van der Waals surface area (Å²) in [6.07, 6.45) is 11.6. The lowest BCUT2D eigenvalue weighted by Crippen LogP contribution is -2.15. The number of benzene rings is 7. The van der Waals surface area contributed by atoms with Gasteiger partial charge in [-0.25, -0.2) is 0 Å². The molecule has 9 aromatic rings. The van der Waals surface area contributed by atoms with E-state index >= 15 is 0 Å². The average molecular weight is 706 g/mol. The van der Waals surface area contributed by atoms with Crippen molar-refractivity contribution >= 4 is 61.6 Å². The predicted molar refractivity (Wildman–Crippen MR) is 228 cm³/mol. The molecule has 2 atom stereocenters. The zero-order chi connectivity index (χ0) is 36.3. The van der Waals surface area contributed by atoms with E-state index in [-0.39, 0.29) is 11.8 Å². The first-order valence-electron chi connectivity index (χ1n) is 18.9. The fourth-order valence-electron chi connectivity index (χ4n) is 8.58. The molecule has 0 saturated carbocycles. The normalized spacial score (nSPS) is 16.0. The number of nitrogens with zero attached hydrogens (tertiary/aromatic N) is 1. The number of hydrogen-bond acceptors (Lipinski definition) is 3. The lowest BCUT2D eigenvalue weighted by Gasteiger charge is -2.31. The predicted octanol–water partition coefficient (Wildman–Crippen LogP) is 14.5. The van der Waals surface area contributed by atoms with Crippen LogP contribution in [0, 0.1) is 5.92 Å². The molecule has 0 saturated heterocycles. The Morgan fingerprint density at radius 3 is 1.82 bits per heavy atom. The van der Waals surface area contributed by atoms with Gasteiger partial charge in [-0.15, -0.1) is 0 Å². The number of allylic oxidation sites excluding steroid dienone is 5. The highest BCUT2D eigenvalue weighted by Gasteiger charge is 2.31. The molecule has 2 heterocycles. The highest BCUT2D eigenvalue weighted by atomic mass is 16.3. The Balaban J connectivity index is 0.991. The SMILES string of the molecule is C1=CC2c3c(oc4ccccc34)C=CC2C=C1c1ccccc1N(c1ccc(-c2ccccc2)cc1)c1ccc(-c2ccc3c(c2)oc2ccccc23)cc1. The summed E-state index contributed by atoms with van der Waals surface area (Å²) < 4.78 is 12.5. The minimum Gasteiger partial charge on any atom is -0.456 e. The summed E-state index contributed by atoms with van der Waals surface area (Å²) >= 11 is 0. The van der Waals surface area contributed by atoms with Crippen LogP contribution in [0.25, 0.3) is 66.8 Å². The Kier molecular flexibility index (Phi) is 7.31. The van der Waals surface area contributed by atoms with Gasteiger partial charge in [-0.1, -0.05) is 140 Å². The summed E-state index contributed by atoms with van der Waals surface area (Å²) in [5.41, 5.74) is 14.4. The topological polar surface area (TPSA) is 29.5 Å². The van der Waals surface area contributed by atoms with E-state index in [9.17, 15) is 0 Å². The van der Waals surface area contributed by atoms with Crippen LogP contribution >= 0.6 is 0 Å². The molecule has 3 nitrogen and oxygen atoms in total. The lowest BCUT2D eigenvalue weighted by molar-refractivity contribution is 0.578. The average Bonchev–Trinajstić information content (AvgIpc) is 3.83. The summed E-state index contributed by atoms with van der Waals surface area (Å²) in [6, 6.07) is 60.3. The molecule has 260 valence electrons. The highest BCUT2D eigenvalue weighted by Crippen LogP contribution is 2.47. The fraction of sp³-hybridized carbons (Fsp3) is 0.0385. The van der Waals surface area contributed by atoms with Gasteiger partial charge >= 0.3 is 0 Å². The third-order valence-corrected chi connectivity index (χ3v) is 11.3. The summed E-state index contributed by atoms with van der Waals surface area (Å²) in [5, 5.41) is 3.48. The van der Waals surface area contributed by atoms with Gasteiger partial charge in [-0.05, 0) is 88.5 Å². The van der Waals surface area contributed by atoms with Crippen molar-refractivity contribution in [2.45, 2.75) is 5.92 Å². The summed E-state index contributed by atoms with van der Waals surface area (Å²) in [4.78, 5) is 2.38. The minimum atomic E-state index is 0.226. The van der Waals surface area contributed by atoms with E-state index in [4.69, 9.17) is 8.83 Å². The van der Waals surface area contributed by atoms with Crippen molar-refractivity contribution in [3.05, 3.63) is 211 Å². The molecule has 0 radical (unpaired) electrons. The van der Waals surface area contributed by atoms with E-state index in [1.165, 1.54) is 33.2 Å². The van der Waals surface area contributed by atoms with Crippen molar-refractivity contribution in [3.63, 3.8) is 0 Å². The first kappa shape index (κ1) is 31.4. The Labute approximate surface area is 319 Å². The van der Waals surface area contributed by atoms with Crippen LogP contribution in [-0.4, -0.2) is 0 Å². The van der Waals surface area contributed by atoms with E-state index in [1.54, 1.807) is 0 Å². The minimum absolute atomic E-state index is 0.226. The first-order valence-corrected chi connectivity index (χ1v) is 18.9. The Hall–Kier alpha value is -7.10. The molecule has 2 aliphatic carbocycles. The number of hydrogen-bond donors (Lipinski definition) is 0. The van der Waals surface area contributed by atoms with Gasteiger partial charge < -0.3 is 13.7 Å². The van der Waals surface area contributed by atoms with Crippen LogP contribution in [0.2, 0.25) is 0 Å². The van der Waals surface area contributed by atoms with Gasteiger partial charge in [0.1, 0.15) is 22.5 Å². The number of rotatable bonds is 6. The molecule has 2 unspecified atom stereocenters. The third kappa shape index (κ3) is 5.35. The molecule has 11 rings (SSSR count). The molecule has 0 fully saturated rings. The van der Waals surface area contributed by atoms with Crippen LogP contribution in [0.4, 0.5) is 17.1 Å². The maximum atomic E-state index is 6.25. The second-order valence-corrected chi connectivity index (χ2v) is 14.4. The van der Waals surface area contributed by atoms with Gasteiger partial charge in [0.15, 0.2) is 0 Å². The largest absolute Gasteiger partial charge is 0.456 e. The van der Waals surface area contributed by atoms with Crippen molar-refractivity contribution < 1.29 is 8.83 Å². The van der Waals surface area contributed by atoms with E-state index in [0.29, 0.717) is 0 Å². The van der Waals surface area contributed by atoms with Crippen molar-refractivity contribution in [2.75, 3.05) is 4.90 Å². The molecule has 0 N–H and O–H groups in total. The maximum Gasteiger partial charge on any atom is 0.136 e. The second-order valence-electron chi connectivity index (χ2n) is 14.4. The monoisotopic (exact) mass is 705 g/mol. The molecular weight excluding hydrogens is 671 g/mol. The number of furan rings is 2. The number of para-hydroxylation sites is 3. The van der Waals surface area contributed by atoms with Crippen molar-refractivity contribution in [3.8, 4) is 22.3 Å². The van der Waals surface area contributed by atoms with E-state index in [0.717, 1.165) is 61.5 Å². The molecule has 7 aromatic carbocycles. The molecule has 2 aliphatic rings. The summed E-state index contributed by atoms with van der Waals surface area (Å²) in [7, 11) is 0. The van der Waals surface area contributed by atoms with Gasteiger partial charge in [0.2, 0.25) is 0 Å². The van der Waals surface area contributed by atoms with Gasteiger partial charge in [0.05, 0.1) is 5.69 Å². The van der Waals surface area contributed by atoms with E-state index in [2.05, 4.69) is 187 Å². The molecule has 0 spiro atoms. The van der Waals surface area contributed by atoms with Gasteiger partial charge in [0, 0.05) is 50.5 Å². The molecule has 0 bridgehead atoms. The van der Waals surface area contributed by atoms with Crippen molar-refractivity contribution in [1.82, 2.24) is 0 Å². The molecule has 3 heteroatoms. The van der Waals surface area contributed by atoms with Crippen LogP contribution in [0.15, 0.2) is 203 Å². The quantitative estimate of drug-likeness (QED) is 0.172. The highest BCUT2D eigenvalue weighted by molar-refractivity contribution is 6.06. The summed E-state index contributed by atoms with van der Waals surface area (Å²) in [5.74, 6) is 1.42. The van der Waals surface area contributed by atoms with Crippen molar-refractivity contribution in [1.29, 1.82) is 0 Å². The van der Waals surface area contributed by atoms with Crippen LogP contribution in [-0.2, 0) is 0 Å². The fourth-order valence-corrected chi connectivity index (χ4v) is 8.58. The van der Waals surface area contributed by atoms with Crippen LogP contribution in [0.3, 0.4) is 0 Å². The molecule has 2 aromatic heterocycles. The molecule has 55 heavy (non-hydrogen) atoms. The van der Waals surface area contributed by atoms with E-state index < -0.39 is 0 Å². The van der Waals surface area contributed by atoms with Crippen molar-refractivity contribution in [2.24, 2.45) is 5.92 Å². The van der Waals surface area contributed by atoms with Crippen LogP contribution in [0.1, 0.15) is 22.8 Å². The lowest BCUT2D eigenvalue weighted by atomic mass is 9.76. The maximum absolute atomic E-state index is 6.25. The molecular formula is C52H35NO2. The van der Waals surface area contributed by atoms with Gasteiger partial charge in [-0.2, -0.15) is 0 Å². The number of fused-ring (bicyclic) bond motifs is 8. The summed E-state index contributed by atoms with van der Waals surface area (Å²) in [6.45, 7) is 0. The van der Waals surface area contributed by atoms with Gasteiger partial charge in [0.25, 0.3) is 0 Å². The first-order chi connectivity index (χ1) is 27.2. The Morgan fingerprint density at radius 2 is 1.04 bits per heavy atom. The number of anilines is 3. The van der Waals surface area contributed by atoms with Gasteiger partial charge in [-0.3, -0.25) is 0 Å². The third-order valence-electron chi connectivity index (χ3n) is 11.3. The Bertz CT molecular complexity index is 2980. The van der Waals surface area contributed by atoms with Crippen LogP contribution < -0.4 is 4.90 Å². The molecule has 0 amide bonds. The molecule has 0 aliphatic heterocycles. The zero-order valence-corrected chi connectivity index (χ0v) is 30.0. The zero-order valence-electron chi connectivity index (χ0n) is 30.0. The van der Waals surface area contributed by atoms with E-state index in [1.807, 2.05) is 18.2 Å². The second kappa shape index (κ2) is 12.8. The smallest absolute Gasteiger partial charge is 0.136 e. The standard InChI is InChI=1S/C52H35NO2/c1-2-10-34(11-3-1)35-18-25-40(26-19-35)53(41-27-20-36(21-28-41)37-22-30-45-44-13-5-8-16-48(44)55-51(45)33-37)47-15-7-4-12-42(47)38-23-29-43-39(32-38)24-31-50-52(43)46-14-6-9-17-49(46)54-50/h1-33,39,43H. The Morgan fingerprint density at radius 1 is 0.436 bits per heavy atom.